The molecule has 2 aromatic rings. The molecule has 0 aliphatic carbocycles. The summed E-state index contributed by atoms with van der Waals surface area (Å²) in [6.45, 7) is 1.51. The van der Waals surface area contributed by atoms with Gasteiger partial charge >= 0.3 is 10.2 Å². The fourth-order valence-electron chi connectivity index (χ4n) is 1.71. The Bertz CT molecular complexity index is 784. The van der Waals surface area contributed by atoms with Gasteiger partial charge in [-0.3, -0.25) is 9.52 Å². The molecule has 0 saturated heterocycles. The molecular formula is C15H18N4O3S. The third kappa shape index (κ3) is 4.51. The first-order valence-electron chi connectivity index (χ1n) is 6.82. The molecule has 0 unspecified atom stereocenters. The molecule has 0 saturated carbocycles. The van der Waals surface area contributed by atoms with Gasteiger partial charge in [-0.2, -0.15) is 12.7 Å². The van der Waals surface area contributed by atoms with Gasteiger partial charge in [-0.25, -0.2) is 4.98 Å². The molecule has 122 valence electrons. The fraction of sp³-hybridized carbons (Fsp3) is 0.200. The Morgan fingerprint density at radius 3 is 2.13 bits per heavy atom. The van der Waals surface area contributed by atoms with E-state index in [-0.39, 0.29) is 11.6 Å². The van der Waals surface area contributed by atoms with Crippen LogP contribution in [0, 0.1) is 0 Å². The number of nitrogens with zero attached hydrogens (tertiary/aromatic N) is 2. The number of anilines is 3. The number of carbonyl (C=O) groups excluding carboxylic acids is 1. The van der Waals surface area contributed by atoms with Crippen molar-refractivity contribution in [2.24, 2.45) is 0 Å². The number of aromatic nitrogens is 1. The first kappa shape index (κ1) is 16.9. The summed E-state index contributed by atoms with van der Waals surface area (Å²) in [5, 5.41) is 3.12. The van der Waals surface area contributed by atoms with Crippen molar-refractivity contribution in [2.75, 3.05) is 24.1 Å². The second kappa shape index (κ2) is 6.76. The summed E-state index contributed by atoms with van der Waals surface area (Å²) < 4.78 is 26.8. The summed E-state index contributed by atoms with van der Waals surface area (Å²) >= 11 is 0. The molecular weight excluding hydrogens is 316 g/mol. The third-order valence-corrected chi connectivity index (χ3v) is 4.49. The van der Waals surface area contributed by atoms with Crippen molar-refractivity contribution >= 4 is 33.2 Å². The zero-order valence-electron chi connectivity index (χ0n) is 13.1. The van der Waals surface area contributed by atoms with E-state index in [1.807, 2.05) is 0 Å². The van der Waals surface area contributed by atoms with Gasteiger partial charge in [-0.05, 0) is 43.3 Å². The molecule has 0 amide bonds. The minimum absolute atomic E-state index is 0.00995. The van der Waals surface area contributed by atoms with Crippen LogP contribution < -0.4 is 10.0 Å². The van der Waals surface area contributed by atoms with Gasteiger partial charge in [-0.15, -0.1) is 0 Å². The number of nitrogens with one attached hydrogen (secondary N) is 2. The smallest absolute Gasteiger partial charge is 0.302 e. The summed E-state index contributed by atoms with van der Waals surface area (Å²) in [6.07, 6.45) is 1.52. The summed E-state index contributed by atoms with van der Waals surface area (Å²) in [7, 11) is -0.700. The van der Waals surface area contributed by atoms with Crippen LogP contribution in [-0.4, -0.2) is 37.6 Å². The Hall–Kier alpha value is -2.45. The van der Waals surface area contributed by atoms with Gasteiger partial charge in [0.1, 0.15) is 5.82 Å². The molecule has 2 N–H and O–H groups in total. The molecule has 0 bridgehead atoms. The first-order valence-corrected chi connectivity index (χ1v) is 8.26. The molecule has 0 aliphatic rings. The molecule has 1 aromatic heterocycles. The monoisotopic (exact) mass is 334 g/mol. The summed E-state index contributed by atoms with van der Waals surface area (Å²) in [4.78, 5) is 15.3. The minimum atomic E-state index is -3.57. The number of pyridine rings is 1. The minimum Gasteiger partial charge on any atom is -0.354 e. The van der Waals surface area contributed by atoms with Crippen LogP contribution in [0.3, 0.4) is 0 Å². The second-order valence-corrected chi connectivity index (χ2v) is 6.96. The zero-order chi connectivity index (χ0) is 17.0. The Morgan fingerprint density at radius 2 is 1.65 bits per heavy atom. The van der Waals surface area contributed by atoms with Crippen LogP contribution in [0.5, 0.6) is 0 Å². The summed E-state index contributed by atoms with van der Waals surface area (Å²) in [6, 6.07) is 10.3. The average molecular weight is 334 g/mol. The topological polar surface area (TPSA) is 91.4 Å². The van der Waals surface area contributed by atoms with Crippen molar-refractivity contribution in [1.82, 2.24) is 9.29 Å². The standard InChI is InChI=1S/C15H18N4O3S/c1-11(20)12-4-6-13(7-5-12)17-14-8-9-15(16-10-14)18-23(21,22)19(2)3/h4-10,17H,1-3H3,(H,16,18). The van der Waals surface area contributed by atoms with Gasteiger partial charge in [0.05, 0.1) is 11.9 Å². The first-order chi connectivity index (χ1) is 10.8. The Morgan fingerprint density at radius 1 is 1.04 bits per heavy atom. The number of hydrogen-bond acceptors (Lipinski definition) is 5. The van der Waals surface area contributed by atoms with Crippen LogP contribution in [0.4, 0.5) is 17.2 Å². The number of Topliss-reactive ketones (excluding diaryl/α,β-unsaturated/α-hetero) is 1. The van der Waals surface area contributed by atoms with Crippen LogP contribution >= 0.6 is 0 Å². The summed E-state index contributed by atoms with van der Waals surface area (Å²) in [5.74, 6) is 0.243. The highest BCUT2D eigenvalue weighted by Crippen LogP contribution is 2.18. The molecule has 8 heteroatoms. The third-order valence-electron chi connectivity index (χ3n) is 3.06. The van der Waals surface area contributed by atoms with Gasteiger partial charge in [0.25, 0.3) is 0 Å². The summed E-state index contributed by atoms with van der Waals surface area (Å²) in [5.41, 5.74) is 2.15. The lowest BCUT2D eigenvalue weighted by Crippen LogP contribution is -2.29. The average Bonchev–Trinajstić information content (AvgIpc) is 2.49. The lowest BCUT2D eigenvalue weighted by molar-refractivity contribution is 0.101. The number of ketones is 1. The number of hydrogen-bond donors (Lipinski definition) is 2. The predicted molar refractivity (Wildman–Crippen MR) is 90.2 cm³/mol. The van der Waals surface area contributed by atoms with E-state index in [4.69, 9.17) is 0 Å². The Kier molecular flexibility index (Phi) is 4.97. The van der Waals surface area contributed by atoms with E-state index in [9.17, 15) is 13.2 Å². The molecule has 0 atom stereocenters. The SMILES string of the molecule is CC(=O)c1ccc(Nc2ccc(NS(=O)(=O)N(C)C)nc2)cc1. The van der Waals surface area contributed by atoms with Crippen molar-refractivity contribution < 1.29 is 13.2 Å². The van der Waals surface area contributed by atoms with Gasteiger partial charge in [0.2, 0.25) is 0 Å². The predicted octanol–water partition coefficient (Wildman–Crippen LogP) is 2.25. The molecule has 0 fully saturated rings. The number of benzene rings is 1. The van der Waals surface area contributed by atoms with Crippen LogP contribution in [0.1, 0.15) is 17.3 Å². The van der Waals surface area contributed by atoms with Gasteiger partial charge < -0.3 is 5.32 Å². The van der Waals surface area contributed by atoms with E-state index in [1.165, 1.54) is 27.2 Å². The van der Waals surface area contributed by atoms with Gasteiger partial charge in [0, 0.05) is 25.3 Å². The van der Waals surface area contributed by atoms with Gasteiger partial charge in [-0.1, -0.05) is 0 Å². The Labute approximate surface area is 135 Å². The van der Waals surface area contributed by atoms with Crippen molar-refractivity contribution in [3.8, 4) is 0 Å². The van der Waals surface area contributed by atoms with Crippen LogP contribution in [-0.2, 0) is 10.2 Å². The second-order valence-electron chi connectivity index (χ2n) is 5.08. The highest BCUT2D eigenvalue weighted by atomic mass is 32.2. The molecule has 0 spiro atoms. The van der Waals surface area contributed by atoms with E-state index in [2.05, 4.69) is 15.0 Å². The van der Waals surface area contributed by atoms with E-state index in [0.29, 0.717) is 11.3 Å². The van der Waals surface area contributed by atoms with E-state index < -0.39 is 10.2 Å². The van der Waals surface area contributed by atoms with Crippen LogP contribution in [0.15, 0.2) is 42.6 Å². The molecule has 0 aliphatic heterocycles. The Balaban J connectivity index is 2.07. The van der Waals surface area contributed by atoms with Crippen LogP contribution in [0.25, 0.3) is 0 Å². The van der Waals surface area contributed by atoms with Crippen molar-refractivity contribution in [3.63, 3.8) is 0 Å². The quantitative estimate of drug-likeness (QED) is 0.791. The molecule has 0 radical (unpaired) electrons. The van der Waals surface area contributed by atoms with Crippen LogP contribution in [0.2, 0.25) is 0 Å². The maximum Gasteiger partial charge on any atom is 0.302 e. The maximum atomic E-state index is 11.7. The molecule has 1 aromatic carbocycles. The molecule has 2 rings (SSSR count). The fourth-order valence-corrected chi connectivity index (χ4v) is 2.27. The molecule has 1 heterocycles. The van der Waals surface area contributed by atoms with E-state index in [1.54, 1.807) is 36.4 Å². The van der Waals surface area contributed by atoms with Crippen molar-refractivity contribution in [1.29, 1.82) is 0 Å². The highest BCUT2D eigenvalue weighted by Gasteiger charge is 2.13. The number of carbonyl (C=O) groups is 1. The van der Waals surface area contributed by atoms with E-state index >= 15 is 0 Å². The lowest BCUT2D eigenvalue weighted by atomic mass is 10.1. The maximum absolute atomic E-state index is 11.7. The zero-order valence-corrected chi connectivity index (χ0v) is 13.9. The van der Waals surface area contributed by atoms with Gasteiger partial charge in [0.15, 0.2) is 5.78 Å². The largest absolute Gasteiger partial charge is 0.354 e. The van der Waals surface area contributed by atoms with Crippen molar-refractivity contribution in [3.05, 3.63) is 48.2 Å². The highest BCUT2D eigenvalue weighted by molar-refractivity contribution is 7.90. The van der Waals surface area contributed by atoms with E-state index in [0.717, 1.165) is 9.99 Å². The molecule has 7 nitrogen and oxygen atoms in total. The normalized spacial score (nSPS) is 11.3. The molecule has 23 heavy (non-hydrogen) atoms. The van der Waals surface area contributed by atoms with Crippen molar-refractivity contribution in [2.45, 2.75) is 6.92 Å². The number of rotatable bonds is 6. The lowest BCUT2D eigenvalue weighted by Gasteiger charge is -2.13.